The topological polar surface area (TPSA) is 45.0 Å². The Morgan fingerprint density at radius 2 is 2.06 bits per heavy atom. The van der Waals surface area contributed by atoms with Gasteiger partial charge in [-0.05, 0) is 29.8 Å². The summed E-state index contributed by atoms with van der Waals surface area (Å²) in [5.41, 5.74) is 1.83. The molecule has 17 heavy (non-hydrogen) atoms. The fourth-order valence-electron chi connectivity index (χ4n) is 1.19. The molecule has 1 N–H and O–H groups in total. The molecule has 94 valence electrons. The van der Waals surface area contributed by atoms with E-state index in [1.807, 2.05) is 12.2 Å². The summed E-state index contributed by atoms with van der Waals surface area (Å²) in [6.07, 6.45) is 3.80. The Balaban J connectivity index is 2.57. The van der Waals surface area contributed by atoms with E-state index in [2.05, 4.69) is 45.3 Å². The average molecular weight is 250 g/mol. The van der Waals surface area contributed by atoms with Gasteiger partial charge >= 0.3 is 0 Å². The van der Waals surface area contributed by atoms with Crippen molar-refractivity contribution >= 4 is 8.32 Å². The van der Waals surface area contributed by atoms with Crippen LogP contribution in [0, 0.1) is 11.3 Å². The summed E-state index contributed by atoms with van der Waals surface area (Å²) in [5, 5.41) is 12.0. The lowest BCUT2D eigenvalue weighted by molar-refractivity contribution is 0.315. The van der Waals surface area contributed by atoms with Crippen LogP contribution in [-0.4, -0.2) is 21.5 Å². The van der Waals surface area contributed by atoms with Gasteiger partial charge in [0.2, 0.25) is 0 Å². The molecule has 0 aromatic carbocycles. The molecular weight excluding hydrogens is 228 g/mol. The molecule has 0 radical (unpaired) electrons. The molecule has 0 unspecified atom stereocenters. The predicted octanol–water partition coefficient (Wildman–Crippen LogP) is 2.95. The number of hydrogen-bond acceptors (Lipinski definition) is 3. The smallest absolute Gasteiger partial charge is 0.192 e. The number of nitrogens with one attached hydrogen (secondary N) is 1. The average Bonchev–Trinajstić information content (AvgIpc) is 2.25. The van der Waals surface area contributed by atoms with Crippen LogP contribution in [-0.2, 0) is 4.43 Å². The van der Waals surface area contributed by atoms with Crippen molar-refractivity contribution in [1.82, 2.24) is 5.32 Å². The minimum atomic E-state index is -1.67. The van der Waals surface area contributed by atoms with E-state index in [9.17, 15) is 0 Å². The second kappa shape index (κ2) is 5.07. The van der Waals surface area contributed by atoms with E-state index in [1.165, 1.54) is 5.57 Å². The highest BCUT2D eigenvalue weighted by Crippen LogP contribution is 2.36. The van der Waals surface area contributed by atoms with Gasteiger partial charge in [-0.15, -0.1) is 0 Å². The molecule has 0 aromatic heterocycles. The summed E-state index contributed by atoms with van der Waals surface area (Å²) in [7, 11) is -1.67. The van der Waals surface area contributed by atoms with Gasteiger partial charge in [0.05, 0.1) is 6.61 Å². The molecule has 0 fully saturated rings. The Kier molecular flexibility index (Phi) is 4.18. The SMILES string of the molecule is CC(C)(C)[Si](C)(C)OCC1=CC=C(C#N)NC1. The molecule has 4 heteroatoms. The third kappa shape index (κ3) is 3.72. The monoisotopic (exact) mass is 250 g/mol. The molecule has 0 atom stereocenters. The van der Waals surface area contributed by atoms with Crippen molar-refractivity contribution in [3.63, 3.8) is 0 Å². The standard InChI is InChI=1S/C13H22N2OSi/c1-13(2,3)17(4,5)16-10-11-6-7-12(8-14)15-9-11/h6-7,15H,9-10H2,1-5H3. The first kappa shape index (κ1) is 14.0. The van der Waals surface area contributed by atoms with E-state index in [1.54, 1.807) is 0 Å². The summed E-state index contributed by atoms with van der Waals surface area (Å²) in [4.78, 5) is 0. The Bertz CT molecular complexity index is 383. The molecule has 0 aromatic rings. The van der Waals surface area contributed by atoms with Crippen LogP contribution in [0.1, 0.15) is 20.8 Å². The van der Waals surface area contributed by atoms with Crippen LogP contribution in [0.15, 0.2) is 23.4 Å². The van der Waals surface area contributed by atoms with Gasteiger partial charge in [0.15, 0.2) is 8.32 Å². The molecule has 1 heterocycles. The third-order valence-corrected chi connectivity index (χ3v) is 8.02. The van der Waals surface area contributed by atoms with Gasteiger partial charge in [-0.25, -0.2) is 0 Å². The Hall–Kier alpha value is -1.05. The van der Waals surface area contributed by atoms with Crippen LogP contribution in [0.2, 0.25) is 18.1 Å². The molecule has 3 nitrogen and oxygen atoms in total. The van der Waals surface area contributed by atoms with E-state index < -0.39 is 8.32 Å². The van der Waals surface area contributed by atoms with E-state index in [0.29, 0.717) is 18.8 Å². The maximum Gasteiger partial charge on any atom is 0.192 e. The van der Waals surface area contributed by atoms with E-state index in [4.69, 9.17) is 9.69 Å². The lowest BCUT2D eigenvalue weighted by atomic mass is 10.2. The minimum Gasteiger partial charge on any atom is -0.413 e. The zero-order valence-electron chi connectivity index (χ0n) is 11.4. The molecule has 0 bridgehead atoms. The lowest BCUT2D eigenvalue weighted by Gasteiger charge is -2.36. The quantitative estimate of drug-likeness (QED) is 0.783. The minimum absolute atomic E-state index is 0.239. The summed E-state index contributed by atoms with van der Waals surface area (Å²) in [5.74, 6) is 0. The van der Waals surface area contributed by atoms with Gasteiger partial charge in [0, 0.05) is 6.54 Å². The highest BCUT2D eigenvalue weighted by Gasteiger charge is 2.37. The van der Waals surface area contributed by atoms with Crippen LogP contribution in [0.5, 0.6) is 0 Å². The zero-order valence-corrected chi connectivity index (χ0v) is 12.4. The van der Waals surface area contributed by atoms with Gasteiger partial charge in [0.25, 0.3) is 0 Å². The highest BCUT2D eigenvalue weighted by atomic mass is 28.4. The molecule has 0 aliphatic carbocycles. The number of nitrogens with zero attached hydrogens (tertiary/aromatic N) is 1. The van der Waals surface area contributed by atoms with E-state index in [0.717, 1.165) is 0 Å². The molecule has 0 saturated heterocycles. The zero-order chi connectivity index (χ0) is 13.1. The maximum absolute atomic E-state index is 8.71. The van der Waals surface area contributed by atoms with Crippen LogP contribution in [0.25, 0.3) is 0 Å². The number of dihydropyridines is 1. The van der Waals surface area contributed by atoms with Gasteiger partial charge in [-0.2, -0.15) is 5.26 Å². The Labute approximate surface area is 105 Å². The van der Waals surface area contributed by atoms with Crippen LogP contribution >= 0.6 is 0 Å². The lowest BCUT2D eigenvalue weighted by Crippen LogP contribution is -2.41. The maximum atomic E-state index is 8.71. The van der Waals surface area contributed by atoms with Gasteiger partial charge in [0.1, 0.15) is 11.8 Å². The van der Waals surface area contributed by atoms with Crippen molar-refractivity contribution in [2.24, 2.45) is 0 Å². The first-order chi connectivity index (χ1) is 7.76. The number of nitriles is 1. The van der Waals surface area contributed by atoms with Crippen LogP contribution in [0.3, 0.4) is 0 Å². The second-order valence-corrected chi connectivity index (χ2v) is 10.7. The van der Waals surface area contributed by atoms with Crippen molar-refractivity contribution < 1.29 is 4.43 Å². The highest BCUT2D eigenvalue weighted by molar-refractivity contribution is 6.74. The molecule has 1 aliphatic rings. The van der Waals surface area contributed by atoms with Crippen molar-refractivity contribution in [3.8, 4) is 6.07 Å². The summed E-state index contributed by atoms with van der Waals surface area (Å²) < 4.78 is 6.12. The first-order valence-corrected chi connectivity index (χ1v) is 8.85. The molecule has 1 aliphatic heterocycles. The van der Waals surface area contributed by atoms with Crippen LogP contribution in [0.4, 0.5) is 0 Å². The number of hydrogen-bond donors (Lipinski definition) is 1. The fourth-order valence-corrected chi connectivity index (χ4v) is 2.17. The van der Waals surface area contributed by atoms with Gasteiger partial charge in [-0.3, -0.25) is 0 Å². The van der Waals surface area contributed by atoms with E-state index in [-0.39, 0.29) is 5.04 Å². The largest absolute Gasteiger partial charge is 0.413 e. The summed E-state index contributed by atoms with van der Waals surface area (Å²) in [6.45, 7) is 12.6. The molecule has 0 spiro atoms. The molecule has 0 amide bonds. The first-order valence-electron chi connectivity index (χ1n) is 5.94. The van der Waals surface area contributed by atoms with Gasteiger partial charge < -0.3 is 9.74 Å². The fraction of sp³-hybridized carbons (Fsp3) is 0.615. The van der Waals surface area contributed by atoms with Crippen molar-refractivity contribution in [2.75, 3.05) is 13.2 Å². The van der Waals surface area contributed by atoms with Gasteiger partial charge in [-0.1, -0.05) is 26.8 Å². The predicted molar refractivity (Wildman–Crippen MR) is 72.9 cm³/mol. The molecular formula is C13H22N2OSi. The number of rotatable bonds is 3. The Morgan fingerprint density at radius 3 is 2.47 bits per heavy atom. The number of allylic oxidation sites excluding steroid dienone is 3. The molecule has 0 saturated carbocycles. The summed E-state index contributed by atoms with van der Waals surface area (Å²) in [6, 6.07) is 2.09. The Morgan fingerprint density at radius 1 is 1.41 bits per heavy atom. The van der Waals surface area contributed by atoms with Crippen molar-refractivity contribution in [2.45, 2.75) is 38.9 Å². The van der Waals surface area contributed by atoms with Crippen molar-refractivity contribution in [3.05, 3.63) is 23.4 Å². The van der Waals surface area contributed by atoms with Crippen molar-refractivity contribution in [1.29, 1.82) is 5.26 Å². The normalized spacial score (nSPS) is 16.7. The second-order valence-electron chi connectivity index (χ2n) is 5.92. The third-order valence-electron chi connectivity index (χ3n) is 3.54. The molecule has 1 rings (SSSR count). The van der Waals surface area contributed by atoms with Crippen LogP contribution < -0.4 is 5.32 Å². The summed E-state index contributed by atoms with van der Waals surface area (Å²) >= 11 is 0. The van der Waals surface area contributed by atoms with E-state index >= 15 is 0 Å².